The Bertz CT molecular complexity index is 696. The van der Waals surface area contributed by atoms with Gasteiger partial charge in [0.05, 0.1) is 10.5 Å². The van der Waals surface area contributed by atoms with Crippen LogP contribution in [0.3, 0.4) is 0 Å². The number of halogens is 1. The lowest BCUT2D eigenvalue weighted by molar-refractivity contribution is -0.126. The van der Waals surface area contributed by atoms with Gasteiger partial charge in [-0.25, -0.2) is 12.8 Å². The minimum absolute atomic E-state index is 0.133. The molecule has 0 spiro atoms. The molecule has 106 valence electrons. The molecular formula is C12H12FN3O3S. The summed E-state index contributed by atoms with van der Waals surface area (Å²) < 4.78 is 39.2. The van der Waals surface area contributed by atoms with Crippen molar-refractivity contribution in [2.45, 2.75) is 17.9 Å². The fourth-order valence-corrected chi connectivity index (χ4v) is 3.60. The third kappa shape index (κ3) is 2.37. The number of carbonyl (C=O) groups is 1. The van der Waals surface area contributed by atoms with E-state index in [0.717, 1.165) is 22.5 Å². The van der Waals surface area contributed by atoms with E-state index in [2.05, 4.69) is 5.32 Å². The molecule has 1 heterocycles. The molecule has 1 unspecified atom stereocenters. The van der Waals surface area contributed by atoms with Crippen LogP contribution in [-0.2, 0) is 14.8 Å². The molecule has 1 atom stereocenters. The van der Waals surface area contributed by atoms with E-state index in [0.29, 0.717) is 0 Å². The van der Waals surface area contributed by atoms with Gasteiger partial charge in [0, 0.05) is 13.1 Å². The topological polar surface area (TPSA) is 90.3 Å². The van der Waals surface area contributed by atoms with Gasteiger partial charge in [0.2, 0.25) is 15.9 Å². The smallest absolute Gasteiger partial charge is 0.243 e. The third-order valence-corrected chi connectivity index (χ3v) is 5.07. The van der Waals surface area contributed by atoms with Gasteiger partial charge in [0.15, 0.2) is 0 Å². The minimum atomic E-state index is -3.94. The van der Waals surface area contributed by atoms with E-state index in [1.165, 1.54) is 6.92 Å². The standard InChI is InChI=1S/C12H12FN3O3S/c1-8-12(17)15-4-5-16(8)20(18,19)10-2-3-11(13)9(6-10)7-14/h2-3,6,8H,4-5H2,1H3,(H,15,17). The number of benzene rings is 1. The Labute approximate surface area is 115 Å². The first-order chi connectivity index (χ1) is 9.37. The average molecular weight is 297 g/mol. The molecule has 20 heavy (non-hydrogen) atoms. The molecule has 1 aliphatic rings. The largest absolute Gasteiger partial charge is 0.353 e. The first-order valence-electron chi connectivity index (χ1n) is 5.87. The highest BCUT2D eigenvalue weighted by Crippen LogP contribution is 2.21. The zero-order chi connectivity index (χ0) is 14.9. The highest BCUT2D eigenvalue weighted by atomic mass is 32.2. The van der Waals surface area contributed by atoms with Gasteiger partial charge in [-0.3, -0.25) is 4.79 Å². The highest BCUT2D eigenvalue weighted by Gasteiger charge is 2.35. The molecule has 0 aromatic heterocycles. The van der Waals surface area contributed by atoms with Crippen LogP contribution in [0.25, 0.3) is 0 Å². The zero-order valence-electron chi connectivity index (χ0n) is 10.6. The van der Waals surface area contributed by atoms with Gasteiger partial charge < -0.3 is 5.32 Å². The third-order valence-electron chi connectivity index (χ3n) is 3.11. The van der Waals surface area contributed by atoms with Crippen LogP contribution >= 0.6 is 0 Å². The summed E-state index contributed by atoms with van der Waals surface area (Å²) in [5, 5.41) is 11.3. The van der Waals surface area contributed by atoms with Crippen LogP contribution in [0.5, 0.6) is 0 Å². The fourth-order valence-electron chi connectivity index (χ4n) is 1.98. The lowest BCUT2D eigenvalue weighted by Gasteiger charge is -2.31. The van der Waals surface area contributed by atoms with Crippen molar-refractivity contribution in [2.24, 2.45) is 0 Å². The van der Waals surface area contributed by atoms with E-state index in [4.69, 9.17) is 5.26 Å². The van der Waals surface area contributed by atoms with Crippen LogP contribution in [0, 0.1) is 17.1 Å². The maximum absolute atomic E-state index is 13.2. The Morgan fingerprint density at radius 1 is 1.50 bits per heavy atom. The molecule has 8 heteroatoms. The number of nitriles is 1. The van der Waals surface area contributed by atoms with Crippen LogP contribution in [0.4, 0.5) is 4.39 Å². The Hall–Kier alpha value is -1.98. The monoisotopic (exact) mass is 297 g/mol. The SMILES string of the molecule is CC1C(=O)NCCN1S(=O)(=O)c1ccc(F)c(C#N)c1. The van der Waals surface area contributed by atoms with Crippen molar-refractivity contribution in [3.63, 3.8) is 0 Å². The number of piperazine rings is 1. The number of sulfonamides is 1. The molecule has 1 fully saturated rings. The lowest BCUT2D eigenvalue weighted by Crippen LogP contribution is -2.55. The molecule has 1 N–H and O–H groups in total. The van der Waals surface area contributed by atoms with Crippen LogP contribution in [0.2, 0.25) is 0 Å². The number of hydrogen-bond donors (Lipinski definition) is 1. The average Bonchev–Trinajstić information content (AvgIpc) is 2.42. The van der Waals surface area contributed by atoms with Crippen molar-refractivity contribution in [3.05, 3.63) is 29.6 Å². The van der Waals surface area contributed by atoms with Gasteiger partial charge in [-0.2, -0.15) is 9.57 Å². The van der Waals surface area contributed by atoms with Crippen molar-refractivity contribution in [3.8, 4) is 6.07 Å². The van der Waals surface area contributed by atoms with E-state index in [-0.39, 0.29) is 29.5 Å². The van der Waals surface area contributed by atoms with E-state index in [1.807, 2.05) is 0 Å². The van der Waals surface area contributed by atoms with Crippen LogP contribution < -0.4 is 5.32 Å². The van der Waals surface area contributed by atoms with Crippen molar-refractivity contribution in [1.29, 1.82) is 5.26 Å². The number of nitrogens with zero attached hydrogens (tertiary/aromatic N) is 2. The number of rotatable bonds is 2. The molecule has 1 aliphatic heterocycles. The number of carbonyl (C=O) groups excluding carboxylic acids is 1. The fraction of sp³-hybridized carbons (Fsp3) is 0.333. The van der Waals surface area contributed by atoms with Crippen molar-refractivity contribution < 1.29 is 17.6 Å². The molecule has 1 aromatic carbocycles. The number of hydrogen-bond acceptors (Lipinski definition) is 4. The Morgan fingerprint density at radius 2 is 2.20 bits per heavy atom. The molecule has 0 saturated carbocycles. The maximum atomic E-state index is 13.2. The second kappa shape index (κ2) is 5.19. The van der Waals surface area contributed by atoms with Crippen LogP contribution in [0.1, 0.15) is 12.5 Å². The van der Waals surface area contributed by atoms with Crippen LogP contribution in [-0.4, -0.2) is 37.8 Å². The lowest BCUT2D eigenvalue weighted by atomic mass is 10.2. The van der Waals surface area contributed by atoms with Gasteiger partial charge in [-0.1, -0.05) is 0 Å². The summed E-state index contributed by atoms with van der Waals surface area (Å²) >= 11 is 0. The first kappa shape index (κ1) is 14.4. The predicted octanol–water partition coefficient (Wildman–Crippen LogP) is 0.206. The van der Waals surface area contributed by atoms with Gasteiger partial charge >= 0.3 is 0 Å². The van der Waals surface area contributed by atoms with E-state index in [9.17, 15) is 17.6 Å². The molecule has 1 saturated heterocycles. The molecule has 1 amide bonds. The number of nitrogens with one attached hydrogen (secondary N) is 1. The van der Waals surface area contributed by atoms with E-state index < -0.39 is 21.9 Å². The molecule has 2 rings (SSSR count). The summed E-state index contributed by atoms with van der Waals surface area (Å²) in [6.07, 6.45) is 0. The summed E-state index contributed by atoms with van der Waals surface area (Å²) in [7, 11) is -3.94. The quantitative estimate of drug-likeness (QED) is 0.844. The van der Waals surface area contributed by atoms with Crippen molar-refractivity contribution in [1.82, 2.24) is 9.62 Å². The summed E-state index contributed by atoms with van der Waals surface area (Å²) in [6.45, 7) is 1.82. The van der Waals surface area contributed by atoms with E-state index in [1.54, 1.807) is 6.07 Å². The number of amides is 1. The van der Waals surface area contributed by atoms with Gasteiger partial charge in [-0.05, 0) is 25.1 Å². The second-order valence-corrected chi connectivity index (χ2v) is 6.23. The summed E-state index contributed by atoms with van der Waals surface area (Å²) in [5.74, 6) is -1.17. The highest BCUT2D eigenvalue weighted by molar-refractivity contribution is 7.89. The van der Waals surface area contributed by atoms with Gasteiger partial charge in [-0.15, -0.1) is 0 Å². The van der Waals surface area contributed by atoms with Crippen molar-refractivity contribution in [2.75, 3.05) is 13.1 Å². The van der Waals surface area contributed by atoms with Crippen LogP contribution in [0.15, 0.2) is 23.1 Å². The minimum Gasteiger partial charge on any atom is -0.353 e. The Kier molecular flexibility index (Phi) is 3.74. The summed E-state index contributed by atoms with van der Waals surface area (Å²) in [5.41, 5.74) is -0.347. The summed E-state index contributed by atoms with van der Waals surface area (Å²) in [4.78, 5) is 11.3. The molecule has 6 nitrogen and oxygen atoms in total. The normalized spacial score (nSPS) is 20.2. The Morgan fingerprint density at radius 3 is 2.85 bits per heavy atom. The molecule has 1 aromatic rings. The molecule has 0 bridgehead atoms. The van der Waals surface area contributed by atoms with Crippen molar-refractivity contribution >= 4 is 15.9 Å². The second-order valence-electron chi connectivity index (χ2n) is 4.34. The Balaban J connectivity index is 2.45. The maximum Gasteiger partial charge on any atom is 0.243 e. The van der Waals surface area contributed by atoms with E-state index >= 15 is 0 Å². The zero-order valence-corrected chi connectivity index (χ0v) is 11.4. The molecular weight excluding hydrogens is 285 g/mol. The van der Waals surface area contributed by atoms with Gasteiger partial charge in [0.1, 0.15) is 17.9 Å². The van der Waals surface area contributed by atoms with Gasteiger partial charge in [0.25, 0.3) is 0 Å². The molecule has 0 radical (unpaired) electrons. The summed E-state index contributed by atoms with van der Waals surface area (Å²) in [6, 6.07) is 3.74. The first-order valence-corrected chi connectivity index (χ1v) is 7.31. The predicted molar refractivity (Wildman–Crippen MR) is 67.5 cm³/mol. The molecule has 0 aliphatic carbocycles.